The number of aromatic nitrogens is 2. The van der Waals surface area contributed by atoms with E-state index in [0.717, 1.165) is 39.3 Å². The highest BCUT2D eigenvalue weighted by Gasteiger charge is 2.17. The summed E-state index contributed by atoms with van der Waals surface area (Å²) in [7, 11) is 3.32. The number of fused-ring (bicyclic) bond motifs is 1. The zero-order valence-electron chi connectivity index (χ0n) is 16.3. The molecule has 0 amide bonds. The maximum Gasteiger partial charge on any atom is 0.262 e. The van der Waals surface area contributed by atoms with E-state index in [-0.39, 0.29) is 5.56 Å². The van der Waals surface area contributed by atoms with E-state index in [9.17, 15) is 4.79 Å². The number of nitrogens with one attached hydrogen (secondary N) is 1. The van der Waals surface area contributed by atoms with Crippen LogP contribution in [0.4, 0.5) is 5.95 Å². The predicted octanol–water partition coefficient (Wildman–Crippen LogP) is 1.57. The van der Waals surface area contributed by atoms with Crippen molar-refractivity contribution >= 4 is 16.9 Å². The number of morpholine rings is 1. The Morgan fingerprint density at radius 2 is 2.07 bits per heavy atom. The number of ether oxygens (including phenoxy) is 3. The van der Waals surface area contributed by atoms with Crippen LogP contribution < -0.4 is 20.3 Å². The molecule has 0 unspecified atom stereocenters. The molecule has 0 spiro atoms. The summed E-state index contributed by atoms with van der Waals surface area (Å²) in [5.41, 5.74) is 0.422. The molecule has 8 heteroatoms. The third-order valence-corrected chi connectivity index (χ3v) is 4.77. The highest BCUT2D eigenvalue weighted by molar-refractivity contribution is 5.87. The summed E-state index contributed by atoms with van der Waals surface area (Å²) in [6, 6.07) is 3.55. The standard InChI is InChI=1S/C19H28N4O4/c1-4-23-18(24)14-6-7-15(17(25-3)16(14)21-19(23)20-2)27-11-5-8-22-9-12-26-13-10-22/h6-7H,4-5,8-13H2,1-3H3,(H,20,21). The second-order valence-corrected chi connectivity index (χ2v) is 6.38. The molecule has 2 heterocycles. The summed E-state index contributed by atoms with van der Waals surface area (Å²) in [5, 5.41) is 3.50. The molecule has 0 aliphatic carbocycles. The van der Waals surface area contributed by atoms with Gasteiger partial charge in [0.15, 0.2) is 11.5 Å². The van der Waals surface area contributed by atoms with E-state index in [4.69, 9.17) is 14.2 Å². The van der Waals surface area contributed by atoms with Gasteiger partial charge in [0.05, 0.1) is 32.3 Å². The zero-order chi connectivity index (χ0) is 19.2. The van der Waals surface area contributed by atoms with Gasteiger partial charge in [-0.05, 0) is 25.5 Å². The zero-order valence-corrected chi connectivity index (χ0v) is 16.3. The summed E-state index contributed by atoms with van der Waals surface area (Å²) in [4.78, 5) is 19.7. The van der Waals surface area contributed by atoms with Crippen molar-refractivity contribution in [3.05, 3.63) is 22.5 Å². The lowest BCUT2D eigenvalue weighted by Gasteiger charge is -2.26. The second-order valence-electron chi connectivity index (χ2n) is 6.38. The minimum atomic E-state index is -0.0935. The fraction of sp³-hybridized carbons (Fsp3) is 0.579. The molecule has 8 nitrogen and oxygen atoms in total. The molecule has 1 saturated heterocycles. The monoisotopic (exact) mass is 376 g/mol. The molecular formula is C19H28N4O4. The molecule has 1 fully saturated rings. The van der Waals surface area contributed by atoms with E-state index in [1.54, 1.807) is 30.9 Å². The van der Waals surface area contributed by atoms with Crippen molar-refractivity contribution in [2.75, 3.05) is 58.9 Å². The largest absolute Gasteiger partial charge is 0.491 e. The van der Waals surface area contributed by atoms with Gasteiger partial charge in [-0.15, -0.1) is 0 Å². The third-order valence-electron chi connectivity index (χ3n) is 4.77. The maximum atomic E-state index is 12.7. The van der Waals surface area contributed by atoms with Crippen molar-refractivity contribution in [1.29, 1.82) is 0 Å². The quantitative estimate of drug-likeness (QED) is 0.701. The number of hydrogen-bond donors (Lipinski definition) is 1. The number of methoxy groups -OCH3 is 1. The van der Waals surface area contributed by atoms with Crippen LogP contribution in [0.1, 0.15) is 13.3 Å². The first-order chi connectivity index (χ1) is 13.2. The second kappa shape index (κ2) is 9.05. The molecule has 1 aromatic carbocycles. The van der Waals surface area contributed by atoms with Crippen molar-refractivity contribution in [2.24, 2.45) is 0 Å². The van der Waals surface area contributed by atoms with Gasteiger partial charge in [-0.25, -0.2) is 4.98 Å². The lowest BCUT2D eigenvalue weighted by atomic mass is 10.2. The van der Waals surface area contributed by atoms with Gasteiger partial charge in [0.25, 0.3) is 5.56 Å². The Hall–Kier alpha value is -2.32. The fourth-order valence-electron chi connectivity index (χ4n) is 3.33. The Morgan fingerprint density at radius 1 is 1.30 bits per heavy atom. The van der Waals surface area contributed by atoms with Gasteiger partial charge >= 0.3 is 0 Å². The summed E-state index contributed by atoms with van der Waals surface area (Å²) in [6.45, 7) is 7.55. The predicted molar refractivity (Wildman–Crippen MR) is 105 cm³/mol. The molecule has 1 aliphatic rings. The lowest BCUT2D eigenvalue weighted by molar-refractivity contribution is 0.0357. The molecule has 0 bridgehead atoms. The Bertz CT molecular complexity index is 831. The average Bonchev–Trinajstić information content (AvgIpc) is 2.71. The van der Waals surface area contributed by atoms with Crippen molar-refractivity contribution < 1.29 is 14.2 Å². The Labute approximate surface area is 159 Å². The van der Waals surface area contributed by atoms with Crippen LogP contribution in [-0.2, 0) is 11.3 Å². The van der Waals surface area contributed by atoms with E-state index >= 15 is 0 Å². The molecule has 2 aromatic rings. The van der Waals surface area contributed by atoms with Crippen LogP contribution in [0.15, 0.2) is 16.9 Å². The van der Waals surface area contributed by atoms with Crippen LogP contribution in [0.2, 0.25) is 0 Å². The van der Waals surface area contributed by atoms with Crippen molar-refractivity contribution in [2.45, 2.75) is 19.9 Å². The summed E-state index contributed by atoms with van der Waals surface area (Å²) in [6.07, 6.45) is 0.911. The van der Waals surface area contributed by atoms with Gasteiger partial charge in [-0.2, -0.15) is 0 Å². The van der Waals surface area contributed by atoms with Gasteiger partial charge in [-0.1, -0.05) is 0 Å². The highest BCUT2D eigenvalue weighted by atomic mass is 16.5. The molecule has 1 N–H and O–H groups in total. The smallest absolute Gasteiger partial charge is 0.262 e. The van der Waals surface area contributed by atoms with Gasteiger partial charge in [-0.3, -0.25) is 14.3 Å². The number of benzene rings is 1. The molecule has 0 saturated carbocycles. The van der Waals surface area contributed by atoms with Crippen LogP contribution in [0.3, 0.4) is 0 Å². The van der Waals surface area contributed by atoms with Gasteiger partial charge < -0.3 is 19.5 Å². The Balaban J connectivity index is 1.78. The minimum absolute atomic E-state index is 0.0935. The van der Waals surface area contributed by atoms with E-state index in [1.165, 1.54) is 0 Å². The van der Waals surface area contributed by atoms with Crippen LogP contribution in [-0.4, -0.2) is 68.1 Å². The van der Waals surface area contributed by atoms with Crippen molar-refractivity contribution in [1.82, 2.24) is 14.5 Å². The fourth-order valence-corrected chi connectivity index (χ4v) is 3.33. The molecule has 1 aliphatic heterocycles. The van der Waals surface area contributed by atoms with Crippen LogP contribution in [0.25, 0.3) is 10.9 Å². The SMILES string of the molecule is CCn1c(NC)nc2c(OC)c(OCCCN3CCOCC3)ccc2c1=O. The highest BCUT2D eigenvalue weighted by Crippen LogP contribution is 2.33. The summed E-state index contributed by atoms with van der Waals surface area (Å²) < 4.78 is 18.5. The minimum Gasteiger partial charge on any atom is -0.491 e. The number of hydrogen-bond acceptors (Lipinski definition) is 7. The molecule has 0 radical (unpaired) electrons. The van der Waals surface area contributed by atoms with Gasteiger partial charge in [0, 0.05) is 33.2 Å². The van der Waals surface area contributed by atoms with E-state index in [2.05, 4.69) is 15.2 Å². The first-order valence-corrected chi connectivity index (χ1v) is 9.41. The number of rotatable bonds is 8. The average molecular weight is 376 g/mol. The number of nitrogens with zero attached hydrogens (tertiary/aromatic N) is 3. The molecule has 27 heavy (non-hydrogen) atoms. The maximum absolute atomic E-state index is 12.7. The molecule has 0 atom stereocenters. The summed E-state index contributed by atoms with van der Waals surface area (Å²) >= 11 is 0. The molecule has 148 valence electrons. The Morgan fingerprint density at radius 3 is 2.74 bits per heavy atom. The summed E-state index contributed by atoms with van der Waals surface area (Å²) in [5.74, 6) is 1.61. The third kappa shape index (κ3) is 4.17. The first kappa shape index (κ1) is 19.4. The van der Waals surface area contributed by atoms with Crippen LogP contribution in [0.5, 0.6) is 11.5 Å². The van der Waals surface area contributed by atoms with E-state index in [1.807, 2.05) is 6.92 Å². The van der Waals surface area contributed by atoms with E-state index < -0.39 is 0 Å². The molecule has 1 aromatic heterocycles. The van der Waals surface area contributed by atoms with Crippen molar-refractivity contribution in [3.8, 4) is 11.5 Å². The number of anilines is 1. The van der Waals surface area contributed by atoms with Crippen LogP contribution >= 0.6 is 0 Å². The van der Waals surface area contributed by atoms with Gasteiger partial charge in [0.2, 0.25) is 5.95 Å². The normalized spacial score (nSPS) is 15.1. The topological polar surface area (TPSA) is 77.8 Å². The lowest BCUT2D eigenvalue weighted by Crippen LogP contribution is -2.37. The first-order valence-electron chi connectivity index (χ1n) is 9.41. The Kier molecular flexibility index (Phi) is 6.52. The van der Waals surface area contributed by atoms with Gasteiger partial charge in [0.1, 0.15) is 5.52 Å². The molecular weight excluding hydrogens is 348 g/mol. The van der Waals surface area contributed by atoms with Crippen molar-refractivity contribution in [3.63, 3.8) is 0 Å². The van der Waals surface area contributed by atoms with E-state index in [0.29, 0.717) is 41.5 Å². The van der Waals surface area contributed by atoms with Crippen LogP contribution in [0, 0.1) is 0 Å². The molecule has 3 rings (SSSR count).